The monoisotopic (exact) mass is 270 g/mol. The standard InChI is InChI=1S/C17H18O3/c1-13(18)11-17(19)20-12-14-7-9-16(10-8-14)15-5-3-2-4-6-15/h2-10,13,18H,11-12H2,1H3. The van der Waals surface area contributed by atoms with E-state index >= 15 is 0 Å². The molecule has 0 radical (unpaired) electrons. The van der Waals surface area contributed by atoms with E-state index in [1.807, 2.05) is 42.5 Å². The quantitative estimate of drug-likeness (QED) is 0.849. The highest BCUT2D eigenvalue weighted by Gasteiger charge is 2.07. The number of rotatable bonds is 5. The van der Waals surface area contributed by atoms with Crippen LogP contribution in [0.1, 0.15) is 18.9 Å². The van der Waals surface area contributed by atoms with Gasteiger partial charge in [-0.1, -0.05) is 54.6 Å². The van der Waals surface area contributed by atoms with Crippen LogP contribution in [0, 0.1) is 0 Å². The number of hydrogen-bond acceptors (Lipinski definition) is 3. The summed E-state index contributed by atoms with van der Waals surface area (Å²) in [5.41, 5.74) is 3.22. The van der Waals surface area contributed by atoms with E-state index in [1.54, 1.807) is 6.92 Å². The number of hydrogen-bond donors (Lipinski definition) is 1. The maximum atomic E-state index is 11.3. The Balaban J connectivity index is 1.94. The van der Waals surface area contributed by atoms with Crippen molar-refractivity contribution >= 4 is 5.97 Å². The summed E-state index contributed by atoms with van der Waals surface area (Å²) in [5, 5.41) is 9.08. The maximum Gasteiger partial charge on any atom is 0.308 e. The van der Waals surface area contributed by atoms with Crippen LogP contribution in [-0.2, 0) is 16.1 Å². The largest absolute Gasteiger partial charge is 0.461 e. The third kappa shape index (κ3) is 4.21. The zero-order valence-corrected chi connectivity index (χ0v) is 11.5. The molecule has 2 aromatic carbocycles. The molecular weight excluding hydrogens is 252 g/mol. The maximum absolute atomic E-state index is 11.3. The van der Waals surface area contributed by atoms with Gasteiger partial charge in [0, 0.05) is 0 Å². The fourth-order valence-electron chi connectivity index (χ4n) is 1.89. The molecule has 1 N–H and O–H groups in total. The molecule has 20 heavy (non-hydrogen) atoms. The van der Waals surface area contributed by atoms with Gasteiger partial charge in [0.25, 0.3) is 0 Å². The van der Waals surface area contributed by atoms with E-state index in [9.17, 15) is 4.79 Å². The van der Waals surface area contributed by atoms with Crippen LogP contribution in [-0.4, -0.2) is 17.2 Å². The zero-order chi connectivity index (χ0) is 14.4. The van der Waals surface area contributed by atoms with Crippen LogP contribution in [0.2, 0.25) is 0 Å². The first-order chi connectivity index (χ1) is 9.65. The van der Waals surface area contributed by atoms with Crippen LogP contribution in [0.3, 0.4) is 0 Å². The minimum atomic E-state index is -0.664. The van der Waals surface area contributed by atoms with E-state index in [4.69, 9.17) is 9.84 Å². The van der Waals surface area contributed by atoms with E-state index in [0.29, 0.717) is 0 Å². The van der Waals surface area contributed by atoms with Gasteiger partial charge in [-0.15, -0.1) is 0 Å². The smallest absolute Gasteiger partial charge is 0.308 e. The number of benzene rings is 2. The lowest BCUT2D eigenvalue weighted by atomic mass is 10.0. The van der Waals surface area contributed by atoms with Crippen molar-refractivity contribution in [3.8, 4) is 11.1 Å². The zero-order valence-electron chi connectivity index (χ0n) is 11.5. The molecular formula is C17H18O3. The van der Waals surface area contributed by atoms with Crippen molar-refractivity contribution in [3.63, 3.8) is 0 Å². The summed E-state index contributed by atoms with van der Waals surface area (Å²) in [6.07, 6.45) is -0.634. The number of aliphatic hydroxyl groups excluding tert-OH is 1. The Morgan fingerprint density at radius 2 is 1.65 bits per heavy atom. The molecule has 0 aliphatic carbocycles. The van der Waals surface area contributed by atoms with E-state index in [2.05, 4.69) is 12.1 Å². The molecule has 3 heteroatoms. The molecule has 0 saturated carbocycles. The predicted octanol–water partition coefficient (Wildman–Crippen LogP) is 3.17. The Morgan fingerprint density at radius 3 is 2.25 bits per heavy atom. The molecule has 0 saturated heterocycles. The third-order valence-corrected chi connectivity index (χ3v) is 2.92. The lowest BCUT2D eigenvalue weighted by Gasteiger charge is -2.07. The highest BCUT2D eigenvalue weighted by molar-refractivity contribution is 5.70. The second-order valence-electron chi connectivity index (χ2n) is 4.78. The molecule has 1 unspecified atom stereocenters. The van der Waals surface area contributed by atoms with Crippen molar-refractivity contribution in [1.29, 1.82) is 0 Å². The first-order valence-electron chi connectivity index (χ1n) is 6.63. The minimum absolute atomic E-state index is 0.0299. The van der Waals surface area contributed by atoms with Crippen molar-refractivity contribution in [1.82, 2.24) is 0 Å². The lowest BCUT2D eigenvalue weighted by Crippen LogP contribution is -2.12. The molecule has 0 fully saturated rings. The molecule has 0 spiro atoms. The number of carbonyl (C=O) groups is 1. The van der Waals surface area contributed by atoms with Gasteiger partial charge in [-0.3, -0.25) is 4.79 Å². The summed E-state index contributed by atoms with van der Waals surface area (Å²) in [6.45, 7) is 1.80. The second kappa shape index (κ2) is 6.87. The molecule has 0 bridgehead atoms. The van der Waals surface area contributed by atoms with Gasteiger partial charge in [0.15, 0.2) is 0 Å². The lowest BCUT2D eigenvalue weighted by molar-refractivity contribution is -0.146. The van der Waals surface area contributed by atoms with E-state index < -0.39 is 6.10 Å². The van der Waals surface area contributed by atoms with Gasteiger partial charge in [-0.2, -0.15) is 0 Å². The third-order valence-electron chi connectivity index (χ3n) is 2.92. The molecule has 0 aliphatic rings. The molecule has 0 aliphatic heterocycles. The van der Waals surface area contributed by atoms with Crippen molar-refractivity contribution in [2.45, 2.75) is 26.1 Å². The van der Waals surface area contributed by atoms with Gasteiger partial charge in [0.05, 0.1) is 12.5 Å². The van der Waals surface area contributed by atoms with Crippen molar-refractivity contribution in [2.24, 2.45) is 0 Å². The highest BCUT2D eigenvalue weighted by Crippen LogP contribution is 2.19. The molecule has 3 nitrogen and oxygen atoms in total. The van der Waals surface area contributed by atoms with Gasteiger partial charge in [-0.25, -0.2) is 0 Å². The van der Waals surface area contributed by atoms with Gasteiger partial charge in [0.2, 0.25) is 0 Å². The molecule has 2 rings (SSSR count). The molecule has 104 valence electrons. The Kier molecular flexibility index (Phi) is 4.91. The molecule has 1 atom stereocenters. The summed E-state index contributed by atoms with van der Waals surface area (Å²) in [5.74, 6) is -0.382. The first-order valence-corrected chi connectivity index (χ1v) is 6.63. The van der Waals surface area contributed by atoms with E-state index in [1.165, 1.54) is 0 Å². The van der Waals surface area contributed by atoms with E-state index in [-0.39, 0.29) is 19.0 Å². The summed E-state index contributed by atoms with van der Waals surface area (Å²) < 4.78 is 5.09. The van der Waals surface area contributed by atoms with E-state index in [0.717, 1.165) is 16.7 Å². The van der Waals surface area contributed by atoms with Gasteiger partial charge >= 0.3 is 5.97 Å². The number of ether oxygens (including phenoxy) is 1. The van der Waals surface area contributed by atoms with Crippen molar-refractivity contribution in [2.75, 3.05) is 0 Å². The average molecular weight is 270 g/mol. The summed E-state index contributed by atoms with van der Waals surface area (Å²) >= 11 is 0. The molecule has 0 aromatic heterocycles. The van der Waals surface area contributed by atoms with Crippen LogP contribution in [0.25, 0.3) is 11.1 Å². The molecule has 0 amide bonds. The Hall–Kier alpha value is -2.13. The SMILES string of the molecule is CC(O)CC(=O)OCc1ccc(-c2ccccc2)cc1. The van der Waals surface area contributed by atoms with Crippen LogP contribution in [0.15, 0.2) is 54.6 Å². The minimum Gasteiger partial charge on any atom is -0.461 e. The van der Waals surface area contributed by atoms with Crippen LogP contribution >= 0.6 is 0 Å². The second-order valence-corrected chi connectivity index (χ2v) is 4.78. The number of aliphatic hydroxyl groups is 1. The van der Waals surface area contributed by atoms with Gasteiger partial charge in [0.1, 0.15) is 6.61 Å². The fraction of sp³-hybridized carbons (Fsp3) is 0.235. The average Bonchev–Trinajstić information content (AvgIpc) is 2.46. The fourth-order valence-corrected chi connectivity index (χ4v) is 1.89. The van der Waals surface area contributed by atoms with Gasteiger partial charge in [-0.05, 0) is 23.6 Å². The Morgan fingerprint density at radius 1 is 1.05 bits per heavy atom. The van der Waals surface area contributed by atoms with Crippen LogP contribution in [0.5, 0.6) is 0 Å². The van der Waals surface area contributed by atoms with Crippen molar-refractivity contribution in [3.05, 3.63) is 60.2 Å². The number of esters is 1. The Bertz CT molecular complexity index is 544. The highest BCUT2D eigenvalue weighted by atomic mass is 16.5. The summed E-state index contributed by atoms with van der Waals surface area (Å²) in [6, 6.07) is 18.0. The van der Waals surface area contributed by atoms with Gasteiger partial charge < -0.3 is 9.84 Å². The van der Waals surface area contributed by atoms with Crippen LogP contribution < -0.4 is 0 Å². The summed E-state index contributed by atoms with van der Waals surface area (Å²) in [4.78, 5) is 11.3. The van der Waals surface area contributed by atoms with Crippen LogP contribution in [0.4, 0.5) is 0 Å². The topological polar surface area (TPSA) is 46.5 Å². The number of carbonyl (C=O) groups excluding carboxylic acids is 1. The Labute approximate surface area is 118 Å². The predicted molar refractivity (Wildman–Crippen MR) is 78.0 cm³/mol. The first kappa shape index (κ1) is 14.3. The summed E-state index contributed by atoms with van der Waals surface area (Å²) in [7, 11) is 0. The normalized spacial score (nSPS) is 11.9. The molecule has 0 heterocycles. The molecule has 2 aromatic rings. The van der Waals surface area contributed by atoms with Crippen molar-refractivity contribution < 1.29 is 14.6 Å².